The molecule has 2 unspecified atom stereocenters. The lowest BCUT2D eigenvalue weighted by Gasteiger charge is -2.14. The van der Waals surface area contributed by atoms with E-state index in [0.29, 0.717) is 5.52 Å². The van der Waals surface area contributed by atoms with Crippen molar-refractivity contribution in [1.29, 1.82) is 0 Å². The summed E-state index contributed by atoms with van der Waals surface area (Å²) in [7, 11) is 0. The van der Waals surface area contributed by atoms with E-state index in [-0.39, 0.29) is 5.69 Å². The van der Waals surface area contributed by atoms with Gasteiger partial charge in [-0.05, 0) is 12.1 Å². The van der Waals surface area contributed by atoms with Crippen molar-refractivity contribution in [2.75, 3.05) is 0 Å². The number of aliphatic carboxylic acids is 1. The summed E-state index contributed by atoms with van der Waals surface area (Å²) in [5.74, 6) is -1.26. The number of nitrogens with zero attached hydrogens (tertiary/aromatic N) is 1. The maximum Gasteiger partial charge on any atom is 0.323 e. The van der Waals surface area contributed by atoms with E-state index in [4.69, 9.17) is 10.8 Å². The van der Waals surface area contributed by atoms with Crippen molar-refractivity contribution in [1.82, 2.24) is 4.98 Å². The molecule has 2 rings (SSSR count). The highest BCUT2D eigenvalue weighted by atomic mass is 16.4. The SMILES string of the molecule is NC(C(=O)O)C(O)c1ccc2ccccc2n1. The van der Waals surface area contributed by atoms with Crippen LogP contribution in [-0.2, 0) is 4.79 Å². The molecule has 17 heavy (non-hydrogen) atoms. The minimum atomic E-state index is -1.37. The Bertz CT molecular complexity index is 556. The first-order valence-electron chi connectivity index (χ1n) is 5.12. The fourth-order valence-corrected chi connectivity index (χ4v) is 1.57. The van der Waals surface area contributed by atoms with E-state index in [0.717, 1.165) is 5.39 Å². The molecule has 0 aliphatic carbocycles. The van der Waals surface area contributed by atoms with Gasteiger partial charge in [-0.2, -0.15) is 0 Å². The van der Waals surface area contributed by atoms with Gasteiger partial charge in [0.25, 0.3) is 0 Å². The Kier molecular flexibility index (Phi) is 3.03. The molecule has 0 fully saturated rings. The summed E-state index contributed by atoms with van der Waals surface area (Å²) in [4.78, 5) is 14.9. The summed E-state index contributed by atoms with van der Waals surface area (Å²) < 4.78 is 0. The van der Waals surface area contributed by atoms with Crippen LogP contribution in [0, 0.1) is 0 Å². The minimum absolute atomic E-state index is 0.263. The summed E-state index contributed by atoms with van der Waals surface area (Å²) >= 11 is 0. The fraction of sp³-hybridized carbons (Fsp3) is 0.167. The van der Waals surface area contributed by atoms with Crippen molar-refractivity contribution >= 4 is 16.9 Å². The number of aromatic nitrogens is 1. The van der Waals surface area contributed by atoms with Gasteiger partial charge in [0.1, 0.15) is 12.1 Å². The number of carboxylic acid groups (broad SMARTS) is 1. The second-order valence-corrected chi connectivity index (χ2v) is 3.74. The molecule has 0 radical (unpaired) electrons. The molecule has 0 aliphatic rings. The van der Waals surface area contributed by atoms with E-state index in [1.54, 1.807) is 18.2 Å². The second kappa shape index (κ2) is 4.48. The monoisotopic (exact) mass is 232 g/mol. The molecular formula is C12H12N2O3. The molecule has 0 aliphatic heterocycles. The summed E-state index contributed by atoms with van der Waals surface area (Å²) in [5.41, 5.74) is 6.31. The van der Waals surface area contributed by atoms with Crippen LogP contribution < -0.4 is 5.73 Å². The Balaban J connectivity index is 2.39. The first-order valence-corrected chi connectivity index (χ1v) is 5.12. The molecule has 88 valence electrons. The largest absolute Gasteiger partial charge is 0.480 e. The lowest BCUT2D eigenvalue weighted by Crippen LogP contribution is -2.36. The number of nitrogens with two attached hydrogens (primary N) is 1. The van der Waals surface area contributed by atoms with Gasteiger partial charge in [-0.25, -0.2) is 4.98 Å². The number of carbonyl (C=O) groups is 1. The van der Waals surface area contributed by atoms with Crippen LogP contribution in [0.3, 0.4) is 0 Å². The summed E-state index contributed by atoms with van der Waals surface area (Å²) in [5, 5.41) is 19.4. The zero-order valence-corrected chi connectivity index (χ0v) is 8.95. The highest BCUT2D eigenvalue weighted by molar-refractivity contribution is 5.79. The average Bonchev–Trinajstić information content (AvgIpc) is 2.36. The number of aliphatic hydroxyl groups excluding tert-OH is 1. The molecular weight excluding hydrogens is 220 g/mol. The molecule has 0 spiro atoms. The lowest BCUT2D eigenvalue weighted by atomic mass is 10.1. The molecule has 2 aromatic rings. The highest BCUT2D eigenvalue weighted by Crippen LogP contribution is 2.18. The van der Waals surface area contributed by atoms with Gasteiger partial charge in [0.05, 0.1) is 11.2 Å². The molecule has 0 amide bonds. The summed E-state index contributed by atoms with van der Waals surface area (Å²) in [6.45, 7) is 0. The second-order valence-electron chi connectivity index (χ2n) is 3.74. The standard InChI is InChI=1S/C12H12N2O3/c13-10(12(16)17)11(15)9-6-5-7-3-1-2-4-8(7)14-9/h1-6,10-11,15H,13H2,(H,16,17). The van der Waals surface area contributed by atoms with Gasteiger partial charge in [-0.15, -0.1) is 0 Å². The Morgan fingerprint density at radius 2 is 1.94 bits per heavy atom. The number of hydrogen-bond acceptors (Lipinski definition) is 4. The third kappa shape index (κ3) is 2.25. The molecule has 0 saturated carbocycles. The van der Waals surface area contributed by atoms with E-state index in [2.05, 4.69) is 4.98 Å². The van der Waals surface area contributed by atoms with Crippen LogP contribution in [0.5, 0.6) is 0 Å². The molecule has 5 heteroatoms. The number of pyridine rings is 1. The van der Waals surface area contributed by atoms with Crippen molar-refractivity contribution in [2.45, 2.75) is 12.1 Å². The topological polar surface area (TPSA) is 96.4 Å². The highest BCUT2D eigenvalue weighted by Gasteiger charge is 2.24. The van der Waals surface area contributed by atoms with E-state index >= 15 is 0 Å². The quantitative estimate of drug-likeness (QED) is 0.723. The normalized spacial score (nSPS) is 14.5. The van der Waals surface area contributed by atoms with Gasteiger partial charge in [-0.3, -0.25) is 4.79 Å². The van der Waals surface area contributed by atoms with Crippen LogP contribution in [0.4, 0.5) is 0 Å². The molecule has 1 aromatic carbocycles. The molecule has 0 bridgehead atoms. The Morgan fingerprint density at radius 3 is 2.65 bits per heavy atom. The summed E-state index contributed by atoms with van der Waals surface area (Å²) in [6, 6.07) is 9.36. The smallest absolute Gasteiger partial charge is 0.323 e. The number of para-hydroxylation sites is 1. The Morgan fingerprint density at radius 1 is 1.24 bits per heavy atom. The predicted molar refractivity (Wildman–Crippen MR) is 62.3 cm³/mol. The van der Waals surface area contributed by atoms with Gasteiger partial charge in [-0.1, -0.05) is 24.3 Å². The Labute approximate surface area is 97.5 Å². The van der Waals surface area contributed by atoms with E-state index in [1.165, 1.54) is 0 Å². The molecule has 5 nitrogen and oxygen atoms in total. The number of aliphatic hydroxyl groups is 1. The number of rotatable bonds is 3. The van der Waals surface area contributed by atoms with Gasteiger partial charge in [0.15, 0.2) is 0 Å². The van der Waals surface area contributed by atoms with E-state index in [1.807, 2.05) is 18.2 Å². The van der Waals surface area contributed by atoms with Crippen molar-refractivity contribution in [3.63, 3.8) is 0 Å². The van der Waals surface area contributed by atoms with Crippen LogP contribution in [0.25, 0.3) is 10.9 Å². The van der Waals surface area contributed by atoms with Crippen molar-refractivity contribution < 1.29 is 15.0 Å². The molecule has 4 N–H and O–H groups in total. The van der Waals surface area contributed by atoms with Gasteiger partial charge >= 0.3 is 5.97 Å². The molecule has 1 heterocycles. The molecule has 1 aromatic heterocycles. The first-order chi connectivity index (χ1) is 8.09. The zero-order valence-electron chi connectivity index (χ0n) is 8.95. The van der Waals surface area contributed by atoms with E-state index in [9.17, 15) is 9.90 Å². The number of carboxylic acids is 1. The summed E-state index contributed by atoms with van der Waals surface area (Å²) in [6.07, 6.45) is -1.31. The van der Waals surface area contributed by atoms with Crippen molar-refractivity contribution in [3.05, 3.63) is 42.1 Å². The molecule has 0 saturated heterocycles. The van der Waals surface area contributed by atoms with Crippen LogP contribution in [0.15, 0.2) is 36.4 Å². The zero-order chi connectivity index (χ0) is 12.4. The van der Waals surface area contributed by atoms with Gasteiger partial charge < -0.3 is 15.9 Å². The van der Waals surface area contributed by atoms with Crippen LogP contribution in [0.2, 0.25) is 0 Å². The molecule has 2 atom stereocenters. The van der Waals surface area contributed by atoms with Crippen LogP contribution >= 0.6 is 0 Å². The number of hydrogen-bond donors (Lipinski definition) is 3. The van der Waals surface area contributed by atoms with Crippen molar-refractivity contribution in [2.24, 2.45) is 5.73 Å². The van der Waals surface area contributed by atoms with Crippen LogP contribution in [-0.4, -0.2) is 27.2 Å². The van der Waals surface area contributed by atoms with Gasteiger partial charge in [0.2, 0.25) is 0 Å². The number of benzene rings is 1. The Hall–Kier alpha value is -1.98. The average molecular weight is 232 g/mol. The maximum absolute atomic E-state index is 10.7. The third-order valence-corrected chi connectivity index (χ3v) is 2.55. The van der Waals surface area contributed by atoms with Gasteiger partial charge in [0, 0.05) is 5.39 Å². The fourth-order valence-electron chi connectivity index (χ4n) is 1.57. The maximum atomic E-state index is 10.7. The lowest BCUT2D eigenvalue weighted by molar-refractivity contribution is -0.141. The predicted octanol–water partition coefficient (Wildman–Crippen LogP) is 0.680. The van der Waals surface area contributed by atoms with Crippen molar-refractivity contribution in [3.8, 4) is 0 Å². The van der Waals surface area contributed by atoms with Crippen LogP contribution in [0.1, 0.15) is 11.8 Å². The first kappa shape index (κ1) is 11.5. The van der Waals surface area contributed by atoms with E-state index < -0.39 is 18.1 Å². The number of fused-ring (bicyclic) bond motifs is 1. The minimum Gasteiger partial charge on any atom is -0.480 e. The third-order valence-electron chi connectivity index (χ3n) is 2.55.